The molecule has 0 saturated heterocycles. The van der Waals surface area contributed by atoms with Crippen molar-refractivity contribution in [2.45, 2.75) is 51.1 Å². The average molecular weight is 442 g/mol. The third-order valence-corrected chi connectivity index (χ3v) is 4.80. The molecule has 2 aliphatic rings. The minimum absolute atomic E-state index is 0. The van der Waals surface area contributed by atoms with E-state index in [1.165, 1.54) is 25.7 Å². The number of carbonyl (C=O) groups excluding carboxylic acids is 1. The lowest BCUT2D eigenvalue weighted by Crippen LogP contribution is -2.35. The first kappa shape index (κ1) is 19.0. The molecule has 3 N–H and O–H groups in total. The maximum atomic E-state index is 12.2. The van der Waals surface area contributed by atoms with Crippen LogP contribution in [0.25, 0.3) is 0 Å². The third kappa shape index (κ3) is 5.09. The number of hydrogen-bond donors (Lipinski definition) is 2. The lowest BCUT2D eigenvalue weighted by molar-refractivity contribution is -0.119. The average Bonchev–Trinajstić information content (AvgIpc) is 3.26. The van der Waals surface area contributed by atoms with Gasteiger partial charge in [-0.3, -0.25) is 4.79 Å². The Balaban J connectivity index is 0.00000208. The van der Waals surface area contributed by atoms with E-state index in [-0.39, 0.29) is 35.8 Å². The number of carbonyl (C=O) groups is 1. The molecule has 5 nitrogen and oxygen atoms in total. The van der Waals surface area contributed by atoms with Gasteiger partial charge < -0.3 is 16.0 Å². The van der Waals surface area contributed by atoms with Crippen molar-refractivity contribution in [1.82, 2.24) is 4.90 Å². The van der Waals surface area contributed by atoms with Crippen molar-refractivity contribution in [3.8, 4) is 0 Å². The smallest absolute Gasteiger partial charge is 0.227 e. The van der Waals surface area contributed by atoms with Gasteiger partial charge in [0.2, 0.25) is 5.91 Å². The maximum Gasteiger partial charge on any atom is 0.227 e. The van der Waals surface area contributed by atoms with Gasteiger partial charge in [-0.2, -0.15) is 0 Å². The molecule has 2 saturated carbocycles. The van der Waals surface area contributed by atoms with Gasteiger partial charge in [-0.25, -0.2) is 4.99 Å². The summed E-state index contributed by atoms with van der Waals surface area (Å²) in [6, 6.07) is 8.45. The van der Waals surface area contributed by atoms with E-state index in [4.69, 9.17) is 5.73 Å². The highest BCUT2D eigenvalue weighted by Gasteiger charge is 2.27. The van der Waals surface area contributed by atoms with Crippen molar-refractivity contribution >= 4 is 41.5 Å². The molecular weight excluding hydrogens is 415 g/mol. The Morgan fingerprint density at radius 1 is 1.29 bits per heavy atom. The number of amides is 1. The summed E-state index contributed by atoms with van der Waals surface area (Å²) in [5.74, 6) is 0.920. The van der Waals surface area contributed by atoms with Crippen LogP contribution in [-0.4, -0.2) is 29.9 Å². The van der Waals surface area contributed by atoms with E-state index in [1.54, 1.807) is 0 Å². The van der Waals surface area contributed by atoms with Crippen LogP contribution in [0.15, 0.2) is 29.3 Å². The number of aliphatic imine (C=N–C) groups is 1. The molecule has 0 aromatic heterocycles. The van der Waals surface area contributed by atoms with Gasteiger partial charge in [-0.1, -0.05) is 25.0 Å². The Hall–Kier alpha value is -1.31. The largest absolute Gasteiger partial charge is 0.370 e. The second-order valence-electron chi connectivity index (χ2n) is 6.69. The zero-order valence-corrected chi connectivity index (χ0v) is 16.5. The van der Waals surface area contributed by atoms with Gasteiger partial charge in [0.05, 0.1) is 6.54 Å². The fourth-order valence-electron chi connectivity index (χ4n) is 3.11. The first-order valence-corrected chi connectivity index (χ1v) is 8.56. The molecule has 0 bridgehead atoms. The fourth-order valence-corrected chi connectivity index (χ4v) is 3.11. The van der Waals surface area contributed by atoms with Crippen LogP contribution in [0.3, 0.4) is 0 Å². The van der Waals surface area contributed by atoms with Crippen molar-refractivity contribution in [3.63, 3.8) is 0 Å². The number of hydrogen-bond acceptors (Lipinski definition) is 2. The molecule has 0 radical (unpaired) electrons. The van der Waals surface area contributed by atoms with Gasteiger partial charge in [-0.15, -0.1) is 24.0 Å². The van der Waals surface area contributed by atoms with E-state index in [0.29, 0.717) is 18.5 Å². The molecule has 0 heterocycles. The Morgan fingerprint density at radius 3 is 2.67 bits per heavy atom. The summed E-state index contributed by atoms with van der Waals surface area (Å²) in [4.78, 5) is 18.7. The molecule has 0 unspecified atom stereocenters. The van der Waals surface area contributed by atoms with Gasteiger partial charge in [-0.05, 0) is 43.4 Å². The summed E-state index contributed by atoms with van der Waals surface area (Å²) in [7, 11) is 1.99. The number of anilines is 1. The van der Waals surface area contributed by atoms with E-state index in [9.17, 15) is 4.79 Å². The van der Waals surface area contributed by atoms with Gasteiger partial charge in [0, 0.05) is 24.7 Å². The summed E-state index contributed by atoms with van der Waals surface area (Å²) < 4.78 is 0. The van der Waals surface area contributed by atoms with Crippen LogP contribution in [0.4, 0.5) is 5.69 Å². The van der Waals surface area contributed by atoms with Gasteiger partial charge >= 0.3 is 0 Å². The second kappa shape index (κ2) is 8.69. The first-order chi connectivity index (χ1) is 11.1. The molecule has 0 spiro atoms. The van der Waals surface area contributed by atoms with Crippen molar-refractivity contribution in [1.29, 1.82) is 0 Å². The molecular formula is C18H27IN4O. The van der Waals surface area contributed by atoms with Gasteiger partial charge in [0.15, 0.2) is 5.96 Å². The fraction of sp³-hybridized carbons (Fsp3) is 0.556. The van der Waals surface area contributed by atoms with E-state index < -0.39 is 0 Å². The minimum atomic E-state index is 0. The monoisotopic (exact) mass is 442 g/mol. The molecule has 24 heavy (non-hydrogen) atoms. The molecule has 3 rings (SSSR count). The predicted octanol–water partition coefficient (Wildman–Crippen LogP) is 3.34. The Labute approximate surface area is 161 Å². The molecule has 2 fully saturated rings. The summed E-state index contributed by atoms with van der Waals surface area (Å²) in [6.45, 7) is 0.538. The van der Waals surface area contributed by atoms with Crippen molar-refractivity contribution < 1.29 is 4.79 Å². The van der Waals surface area contributed by atoms with E-state index in [1.807, 2.05) is 36.2 Å². The van der Waals surface area contributed by atoms with E-state index >= 15 is 0 Å². The van der Waals surface area contributed by atoms with Crippen LogP contribution in [-0.2, 0) is 11.3 Å². The zero-order chi connectivity index (χ0) is 16.2. The maximum absolute atomic E-state index is 12.2. The lowest BCUT2D eigenvalue weighted by atomic mass is 10.1. The molecule has 0 atom stereocenters. The number of nitrogens with zero attached hydrogens (tertiary/aromatic N) is 2. The predicted molar refractivity (Wildman–Crippen MR) is 109 cm³/mol. The second-order valence-corrected chi connectivity index (χ2v) is 6.69. The highest BCUT2D eigenvalue weighted by molar-refractivity contribution is 14.0. The van der Waals surface area contributed by atoms with Crippen LogP contribution >= 0.6 is 24.0 Å². The number of guanidine groups is 1. The third-order valence-electron chi connectivity index (χ3n) is 4.80. The minimum Gasteiger partial charge on any atom is -0.370 e. The molecule has 1 aromatic rings. The van der Waals surface area contributed by atoms with Crippen LogP contribution in [0.2, 0.25) is 0 Å². The molecule has 2 aliphatic carbocycles. The summed E-state index contributed by atoms with van der Waals surface area (Å²) in [6.07, 6.45) is 6.77. The molecule has 1 amide bonds. The number of halogens is 1. The van der Waals surface area contributed by atoms with Crippen LogP contribution in [0.5, 0.6) is 0 Å². The standard InChI is InChI=1S/C18H26N4O.HI/c1-22(16-9-10-16)18(19)20-12-13-5-4-8-15(11-13)21-17(23)14-6-2-3-7-14;/h4-5,8,11,14,16H,2-3,6-7,9-10,12H2,1H3,(H2,19,20)(H,21,23);1H. The van der Waals surface area contributed by atoms with Crippen molar-refractivity contribution in [2.75, 3.05) is 12.4 Å². The normalized spacial score (nSPS) is 18.1. The summed E-state index contributed by atoms with van der Waals surface area (Å²) >= 11 is 0. The lowest BCUT2D eigenvalue weighted by Gasteiger charge is -2.17. The molecule has 1 aromatic carbocycles. The van der Waals surface area contributed by atoms with E-state index in [0.717, 1.165) is 24.1 Å². The van der Waals surface area contributed by atoms with Crippen molar-refractivity contribution in [3.05, 3.63) is 29.8 Å². The number of nitrogens with one attached hydrogen (secondary N) is 1. The Kier molecular flexibility index (Phi) is 6.89. The zero-order valence-electron chi connectivity index (χ0n) is 14.2. The molecule has 0 aliphatic heterocycles. The Bertz CT molecular complexity index is 594. The molecule has 132 valence electrons. The first-order valence-electron chi connectivity index (χ1n) is 8.56. The van der Waals surface area contributed by atoms with Crippen molar-refractivity contribution in [2.24, 2.45) is 16.6 Å². The summed E-state index contributed by atoms with van der Waals surface area (Å²) in [5, 5.41) is 3.03. The SMILES string of the molecule is CN(C(N)=NCc1cccc(NC(=O)C2CCCC2)c1)C1CC1.I. The van der Waals surface area contributed by atoms with Crippen LogP contribution in [0.1, 0.15) is 44.1 Å². The van der Waals surface area contributed by atoms with Crippen LogP contribution < -0.4 is 11.1 Å². The van der Waals surface area contributed by atoms with Gasteiger partial charge in [0.25, 0.3) is 0 Å². The van der Waals surface area contributed by atoms with Gasteiger partial charge in [0.1, 0.15) is 0 Å². The Morgan fingerprint density at radius 2 is 2.00 bits per heavy atom. The number of benzene rings is 1. The summed E-state index contributed by atoms with van der Waals surface area (Å²) in [5.41, 5.74) is 7.92. The van der Waals surface area contributed by atoms with E-state index in [2.05, 4.69) is 10.3 Å². The number of rotatable bonds is 5. The highest BCUT2D eigenvalue weighted by atomic mass is 127. The van der Waals surface area contributed by atoms with Crippen LogP contribution in [0, 0.1) is 5.92 Å². The number of nitrogens with two attached hydrogens (primary N) is 1. The molecule has 6 heteroatoms. The quantitative estimate of drug-likeness (QED) is 0.418. The topological polar surface area (TPSA) is 70.7 Å². The highest BCUT2D eigenvalue weighted by Crippen LogP contribution is 2.26.